The SMILES string of the molecule is NC(=O)CCN1C[C@@H](c2ccccc2F)[C@@]2(CCCC(=O)N2)C1. The number of hydrogen-bond acceptors (Lipinski definition) is 3. The fourth-order valence-corrected chi connectivity index (χ4v) is 3.95. The molecule has 2 atom stereocenters. The quantitative estimate of drug-likeness (QED) is 0.874. The van der Waals surface area contributed by atoms with Gasteiger partial charge >= 0.3 is 0 Å². The molecule has 0 aliphatic carbocycles. The molecule has 2 fully saturated rings. The summed E-state index contributed by atoms with van der Waals surface area (Å²) in [7, 11) is 0. The van der Waals surface area contributed by atoms with Gasteiger partial charge in [-0.3, -0.25) is 14.5 Å². The van der Waals surface area contributed by atoms with Gasteiger partial charge < -0.3 is 11.1 Å². The molecule has 3 N–H and O–H groups in total. The van der Waals surface area contributed by atoms with Crippen molar-refractivity contribution in [1.82, 2.24) is 10.2 Å². The molecular weight excluding hydrogens is 297 g/mol. The van der Waals surface area contributed by atoms with Gasteiger partial charge in [0.05, 0.1) is 5.54 Å². The van der Waals surface area contributed by atoms with Gasteiger partial charge in [-0.1, -0.05) is 18.2 Å². The monoisotopic (exact) mass is 319 g/mol. The maximum atomic E-state index is 14.3. The maximum Gasteiger partial charge on any atom is 0.220 e. The highest BCUT2D eigenvalue weighted by atomic mass is 19.1. The lowest BCUT2D eigenvalue weighted by atomic mass is 9.76. The van der Waals surface area contributed by atoms with E-state index in [2.05, 4.69) is 10.2 Å². The molecule has 2 aliphatic heterocycles. The Labute approximate surface area is 135 Å². The van der Waals surface area contributed by atoms with Crippen LogP contribution in [0.3, 0.4) is 0 Å². The van der Waals surface area contributed by atoms with Gasteiger partial charge in [0.25, 0.3) is 0 Å². The fraction of sp³-hybridized carbons (Fsp3) is 0.529. The Morgan fingerprint density at radius 1 is 1.43 bits per heavy atom. The summed E-state index contributed by atoms with van der Waals surface area (Å²) in [6, 6.07) is 6.74. The van der Waals surface area contributed by atoms with E-state index in [4.69, 9.17) is 5.73 Å². The molecule has 1 spiro atoms. The van der Waals surface area contributed by atoms with Crippen LogP contribution in [0.25, 0.3) is 0 Å². The summed E-state index contributed by atoms with van der Waals surface area (Å²) < 4.78 is 14.3. The molecule has 6 heteroatoms. The summed E-state index contributed by atoms with van der Waals surface area (Å²) in [5.41, 5.74) is 5.42. The van der Waals surface area contributed by atoms with Gasteiger partial charge in [0, 0.05) is 38.4 Å². The minimum Gasteiger partial charge on any atom is -0.370 e. The smallest absolute Gasteiger partial charge is 0.220 e. The molecule has 2 amide bonds. The van der Waals surface area contributed by atoms with Crippen LogP contribution in [-0.4, -0.2) is 41.9 Å². The normalized spacial score (nSPS) is 28.0. The number of nitrogens with one attached hydrogen (secondary N) is 1. The average molecular weight is 319 g/mol. The molecule has 5 nitrogen and oxygen atoms in total. The van der Waals surface area contributed by atoms with E-state index in [1.807, 2.05) is 6.07 Å². The molecule has 0 unspecified atom stereocenters. The van der Waals surface area contributed by atoms with Gasteiger partial charge in [-0.2, -0.15) is 0 Å². The highest BCUT2D eigenvalue weighted by molar-refractivity contribution is 5.78. The maximum absolute atomic E-state index is 14.3. The highest BCUT2D eigenvalue weighted by Gasteiger charge is 2.49. The Morgan fingerprint density at radius 2 is 2.22 bits per heavy atom. The zero-order valence-corrected chi connectivity index (χ0v) is 13.1. The summed E-state index contributed by atoms with van der Waals surface area (Å²) in [5, 5.41) is 3.12. The molecule has 23 heavy (non-hydrogen) atoms. The summed E-state index contributed by atoms with van der Waals surface area (Å²) in [4.78, 5) is 25.1. The second-order valence-corrected chi connectivity index (χ2v) is 6.58. The third-order valence-corrected chi connectivity index (χ3v) is 4.98. The number of benzene rings is 1. The van der Waals surface area contributed by atoms with Crippen molar-refractivity contribution in [2.75, 3.05) is 19.6 Å². The van der Waals surface area contributed by atoms with Crippen molar-refractivity contribution in [3.8, 4) is 0 Å². The zero-order chi connectivity index (χ0) is 16.4. The van der Waals surface area contributed by atoms with Gasteiger partial charge in [-0.15, -0.1) is 0 Å². The van der Waals surface area contributed by atoms with Crippen molar-refractivity contribution < 1.29 is 14.0 Å². The first-order valence-corrected chi connectivity index (χ1v) is 8.06. The molecule has 2 aliphatic rings. The van der Waals surface area contributed by atoms with Crippen molar-refractivity contribution in [3.05, 3.63) is 35.6 Å². The lowest BCUT2D eigenvalue weighted by molar-refractivity contribution is -0.125. The number of primary amides is 1. The van der Waals surface area contributed by atoms with E-state index in [0.717, 1.165) is 12.8 Å². The van der Waals surface area contributed by atoms with Crippen molar-refractivity contribution >= 4 is 11.8 Å². The van der Waals surface area contributed by atoms with Crippen molar-refractivity contribution in [3.63, 3.8) is 0 Å². The number of hydrogen-bond donors (Lipinski definition) is 2. The second-order valence-electron chi connectivity index (χ2n) is 6.58. The number of nitrogens with two attached hydrogens (primary N) is 1. The summed E-state index contributed by atoms with van der Waals surface area (Å²) in [6.45, 7) is 1.79. The van der Waals surface area contributed by atoms with E-state index in [1.165, 1.54) is 6.07 Å². The third-order valence-electron chi connectivity index (χ3n) is 4.98. The number of carbonyl (C=O) groups excluding carboxylic acids is 2. The predicted molar refractivity (Wildman–Crippen MR) is 84.1 cm³/mol. The molecule has 2 heterocycles. The van der Waals surface area contributed by atoms with E-state index in [-0.39, 0.29) is 30.0 Å². The summed E-state index contributed by atoms with van der Waals surface area (Å²) in [6.07, 6.45) is 2.42. The second kappa shape index (κ2) is 6.28. The van der Waals surface area contributed by atoms with Crippen LogP contribution in [0.5, 0.6) is 0 Å². The Balaban J connectivity index is 1.88. The molecule has 0 bridgehead atoms. The molecule has 0 radical (unpaired) electrons. The Morgan fingerprint density at radius 3 is 2.91 bits per heavy atom. The van der Waals surface area contributed by atoms with Crippen LogP contribution < -0.4 is 11.1 Å². The van der Waals surface area contributed by atoms with Gasteiger partial charge in [-0.25, -0.2) is 4.39 Å². The number of rotatable bonds is 4. The van der Waals surface area contributed by atoms with Crippen LogP contribution in [0, 0.1) is 5.82 Å². The first-order chi connectivity index (χ1) is 11.0. The number of likely N-dealkylation sites (tertiary alicyclic amines) is 1. The van der Waals surface area contributed by atoms with Crippen LogP contribution in [0.2, 0.25) is 0 Å². The van der Waals surface area contributed by atoms with Gasteiger partial charge in [0.15, 0.2) is 0 Å². The molecule has 1 aromatic rings. The van der Waals surface area contributed by atoms with E-state index in [9.17, 15) is 14.0 Å². The third kappa shape index (κ3) is 3.22. The number of amides is 2. The molecule has 124 valence electrons. The van der Waals surface area contributed by atoms with Crippen LogP contribution in [0.1, 0.15) is 37.2 Å². The molecule has 0 aromatic heterocycles. The average Bonchev–Trinajstić information content (AvgIpc) is 2.83. The van der Waals surface area contributed by atoms with Gasteiger partial charge in [-0.05, 0) is 24.5 Å². The predicted octanol–water partition coefficient (Wildman–Crippen LogP) is 1.14. The standard InChI is InChI=1S/C17H22FN3O2/c18-14-5-2-1-4-12(14)13-10-21(9-7-15(19)22)11-17(13)8-3-6-16(23)20-17/h1-2,4-5,13H,3,6-11H2,(H2,19,22)(H,20,23)/t13-,17+/m0/s1. The largest absolute Gasteiger partial charge is 0.370 e. The summed E-state index contributed by atoms with van der Waals surface area (Å²) in [5.74, 6) is -0.676. The lowest BCUT2D eigenvalue weighted by Gasteiger charge is -2.39. The Kier molecular flexibility index (Phi) is 4.35. The van der Waals surface area contributed by atoms with Crippen molar-refractivity contribution in [2.24, 2.45) is 5.73 Å². The number of carbonyl (C=O) groups is 2. The molecule has 3 rings (SSSR count). The van der Waals surface area contributed by atoms with E-state index in [0.29, 0.717) is 31.6 Å². The van der Waals surface area contributed by atoms with Crippen LogP contribution in [0.4, 0.5) is 4.39 Å². The molecule has 2 saturated heterocycles. The van der Waals surface area contributed by atoms with Crippen LogP contribution in [0.15, 0.2) is 24.3 Å². The molecular formula is C17H22FN3O2. The Hall–Kier alpha value is -1.95. The van der Waals surface area contributed by atoms with E-state index < -0.39 is 5.54 Å². The minimum absolute atomic E-state index is 0.0225. The first kappa shape index (κ1) is 15.9. The van der Waals surface area contributed by atoms with Crippen LogP contribution in [-0.2, 0) is 9.59 Å². The molecule has 1 aromatic carbocycles. The first-order valence-electron chi connectivity index (χ1n) is 8.06. The lowest BCUT2D eigenvalue weighted by Crippen LogP contribution is -2.56. The van der Waals surface area contributed by atoms with E-state index in [1.54, 1.807) is 12.1 Å². The minimum atomic E-state index is -0.449. The van der Waals surface area contributed by atoms with E-state index >= 15 is 0 Å². The highest BCUT2D eigenvalue weighted by Crippen LogP contribution is 2.42. The molecule has 0 saturated carbocycles. The topological polar surface area (TPSA) is 75.4 Å². The van der Waals surface area contributed by atoms with Crippen molar-refractivity contribution in [2.45, 2.75) is 37.1 Å². The van der Waals surface area contributed by atoms with Crippen molar-refractivity contribution in [1.29, 1.82) is 0 Å². The summed E-state index contributed by atoms with van der Waals surface area (Å²) >= 11 is 0. The number of halogens is 1. The van der Waals surface area contributed by atoms with Crippen LogP contribution >= 0.6 is 0 Å². The zero-order valence-electron chi connectivity index (χ0n) is 13.1. The number of nitrogens with zero attached hydrogens (tertiary/aromatic N) is 1. The fourth-order valence-electron chi connectivity index (χ4n) is 3.95. The number of piperidine rings is 1. The Bertz CT molecular complexity index is 622. The van der Waals surface area contributed by atoms with Gasteiger partial charge in [0.2, 0.25) is 11.8 Å². The van der Waals surface area contributed by atoms with Gasteiger partial charge in [0.1, 0.15) is 5.82 Å².